The van der Waals surface area contributed by atoms with Gasteiger partial charge >= 0.3 is 0 Å². The molecule has 0 fully saturated rings. The monoisotopic (exact) mass is 242 g/mol. The van der Waals surface area contributed by atoms with Crippen LogP contribution in [0.1, 0.15) is 6.92 Å². The molecule has 0 aliphatic heterocycles. The van der Waals surface area contributed by atoms with E-state index in [0.717, 1.165) is 5.69 Å². The van der Waals surface area contributed by atoms with E-state index < -0.39 is 0 Å². The smallest absolute Gasteiger partial charge is 0.249 e. The molecule has 0 spiro atoms. The minimum atomic E-state index is -0.322. The Kier molecular flexibility index (Phi) is 5.01. The minimum absolute atomic E-state index is 0.189. The van der Waals surface area contributed by atoms with Crippen molar-refractivity contribution < 1.29 is 4.79 Å². The van der Waals surface area contributed by atoms with Crippen LogP contribution in [0.15, 0.2) is 42.5 Å². The van der Waals surface area contributed by atoms with Crippen molar-refractivity contribution in [1.82, 2.24) is 5.32 Å². The van der Waals surface area contributed by atoms with Gasteiger partial charge in [-0.1, -0.05) is 30.7 Å². The van der Waals surface area contributed by atoms with Crippen LogP contribution in [-0.4, -0.2) is 26.0 Å². The lowest BCUT2D eigenvalue weighted by Crippen LogP contribution is -2.37. The molecule has 3 heteroatoms. The van der Waals surface area contributed by atoms with Crippen molar-refractivity contribution in [1.29, 1.82) is 0 Å². The van der Waals surface area contributed by atoms with Crippen molar-refractivity contribution in [3.63, 3.8) is 0 Å². The van der Waals surface area contributed by atoms with Crippen molar-refractivity contribution >= 4 is 11.6 Å². The van der Waals surface area contributed by atoms with E-state index in [1.807, 2.05) is 42.3 Å². The first-order chi connectivity index (χ1) is 8.61. The van der Waals surface area contributed by atoms with E-state index in [4.69, 9.17) is 0 Å². The number of carbonyl (C=O) groups is 1. The number of amides is 1. The summed E-state index contributed by atoms with van der Waals surface area (Å²) >= 11 is 0. The van der Waals surface area contributed by atoms with Crippen molar-refractivity contribution in [2.75, 3.05) is 19.0 Å². The van der Waals surface area contributed by atoms with Crippen molar-refractivity contribution in [3.8, 4) is 11.8 Å². The molecule has 0 aromatic heterocycles. The summed E-state index contributed by atoms with van der Waals surface area (Å²) in [5, 5.41) is 2.58. The summed E-state index contributed by atoms with van der Waals surface area (Å²) in [7, 11) is 3.49. The SMILES string of the molecule is C=C(C(=O)NC)C(C#CC)N(C)c1ccccc1. The maximum absolute atomic E-state index is 11.7. The molecule has 94 valence electrons. The van der Waals surface area contributed by atoms with Crippen LogP contribution in [0.25, 0.3) is 0 Å². The van der Waals surface area contributed by atoms with E-state index in [1.165, 1.54) is 0 Å². The van der Waals surface area contributed by atoms with Crippen LogP contribution in [0.5, 0.6) is 0 Å². The Morgan fingerprint density at radius 2 is 2.00 bits per heavy atom. The van der Waals surface area contributed by atoms with Crippen LogP contribution in [-0.2, 0) is 4.79 Å². The van der Waals surface area contributed by atoms with Crippen LogP contribution in [0.3, 0.4) is 0 Å². The number of para-hydroxylation sites is 1. The molecule has 0 saturated heterocycles. The highest BCUT2D eigenvalue weighted by atomic mass is 16.1. The molecule has 1 rings (SSSR count). The van der Waals surface area contributed by atoms with E-state index in [1.54, 1.807) is 14.0 Å². The predicted octanol–water partition coefficient (Wildman–Crippen LogP) is 1.82. The van der Waals surface area contributed by atoms with Gasteiger partial charge in [0.25, 0.3) is 0 Å². The molecule has 0 radical (unpaired) electrons. The molecule has 1 unspecified atom stereocenters. The molecule has 18 heavy (non-hydrogen) atoms. The van der Waals surface area contributed by atoms with Gasteiger partial charge in [0.2, 0.25) is 5.91 Å². The zero-order chi connectivity index (χ0) is 13.5. The van der Waals surface area contributed by atoms with Crippen molar-refractivity contribution in [3.05, 3.63) is 42.5 Å². The quantitative estimate of drug-likeness (QED) is 0.645. The van der Waals surface area contributed by atoms with E-state index >= 15 is 0 Å². The molecule has 1 aromatic carbocycles. The topological polar surface area (TPSA) is 32.3 Å². The van der Waals surface area contributed by atoms with Crippen molar-refractivity contribution in [2.45, 2.75) is 13.0 Å². The second-order valence-electron chi connectivity index (χ2n) is 3.85. The Hall–Kier alpha value is -2.21. The molecule has 0 saturated carbocycles. The Balaban J connectivity index is 3.02. The molecule has 0 heterocycles. The minimum Gasteiger partial charge on any atom is -0.357 e. The first-order valence-corrected chi connectivity index (χ1v) is 5.72. The van der Waals surface area contributed by atoms with Gasteiger partial charge in [-0.3, -0.25) is 4.79 Å². The highest BCUT2D eigenvalue weighted by Gasteiger charge is 2.20. The van der Waals surface area contributed by atoms with Crippen LogP contribution in [0.2, 0.25) is 0 Å². The number of nitrogens with one attached hydrogen (secondary N) is 1. The molecule has 1 aromatic rings. The first kappa shape index (κ1) is 13.9. The lowest BCUT2D eigenvalue weighted by atomic mass is 10.1. The maximum atomic E-state index is 11.7. The van der Waals surface area contributed by atoms with E-state index in [0.29, 0.717) is 5.57 Å². The lowest BCUT2D eigenvalue weighted by molar-refractivity contribution is -0.117. The average molecular weight is 242 g/mol. The second kappa shape index (κ2) is 6.51. The lowest BCUT2D eigenvalue weighted by Gasteiger charge is -2.27. The summed E-state index contributed by atoms with van der Waals surface area (Å²) in [6.45, 7) is 5.59. The van der Waals surface area contributed by atoms with Crippen LogP contribution in [0.4, 0.5) is 5.69 Å². The fourth-order valence-corrected chi connectivity index (χ4v) is 1.65. The summed E-state index contributed by atoms with van der Waals surface area (Å²) in [6, 6.07) is 9.47. The number of anilines is 1. The molecule has 3 nitrogen and oxygen atoms in total. The number of rotatable bonds is 4. The summed E-state index contributed by atoms with van der Waals surface area (Å²) < 4.78 is 0. The predicted molar refractivity (Wildman–Crippen MR) is 75.3 cm³/mol. The van der Waals surface area contributed by atoms with Gasteiger partial charge in [-0.2, -0.15) is 0 Å². The molecule has 1 atom stereocenters. The van der Waals surface area contributed by atoms with Gasteiger partial charge in [0.1, 0.15) is 6.04 Å². The van der Waals surface area contributed by atoms with Crippen LogP contribution < -0.4 is 10.2 Å². The summed E-state index contributed by atoms with van der Waals surface area (Å²) in [6.07, 6.45) is 0. The van der Waals surface area contributed by atoms with Gasteiger partial charge in [0, 0.05) is 25.4 Å². The highest BCUT2D eigenvalue weighted by Crippen LogP contribution is 2.17. The normalized spacial score (nSPS) is 10.8. The molecular formula is C15H18N2O. The van der Waals surface area contributed by atoms with Gasteiger partial charge in [-0.15, -0.1) is 5.92 Å². The Bertz CT molecular complexity index is 482. The van der Waals surface area contributed by atoms with Crippen molar-refractivity contribution in [2.24, 2.45) is 0 Å². The Morgan fingerprint density at radius 3 is 2.50 bits per heavy atom. The number of carbonyl (C=O) groups excluding carboxylic acids is 1. The third kappa shape index (κ3) is 3.14. The number of benzene rings is 1. The average Bonchev–Trinajstić information content (AvgIpc) is 2.43. The second-order valence-corrected chi connectivity index (χ2v) is 3.85. The van der Waals surface area contributed by atoms with Gasteiger partial charge in [0.15, 0.2) is 0 Å². The maximum Gasteiger partial charge on any atom is 0.249 e. The Morgan fingerprint density at radius 1 is 1.39 bits per heavy atom. The van der Waals surface area contributed by atoms with Gasteiger partial charge in [-0.05, 0) is 19.1 Å². The molecule has 1 N–H and O–H groups in total. The third-order valence-corrected chi connectivity index (χ3v) is 2.68. The standard InChI is InChI=1S/C15H18N2O/c1-5-9-14(12(2)15(18)16-3)17(4)13-10-7-6-8-11-13/h6-8,10-11,14H,2H2,1,3-4H3,(H,16,18). The van der Waals surface area contributed by atoms with Gasteiger partial charge in [0.05, 0.1) is 0 Å². The number of nitrogens with zero attached hydrogens (tertiary/aromatic N) is 1. The molecule has 1 amide bonds. The number of hydrogen-bond acceptors (Lipinski definition) is 2. The number of hydrogen-bond donors (Lipinski definition) is 1. The largest absolute Gasteiger partial charge is 0.357 e. The molecule has 0 bridgehead atoms. The Labute approximate surface area is 108 Å². The molecule has 0 aliphatic rings. The summed E-state index contributed by atoms with van der Waals surface area (Å²) in [5.74, 6) is 5.67. The zero-order valence-corrected chi connectivity index (χ0v) is 11.0. The first-order valence-electron chi connectivity index (χ1n) is 5.72. The zero-order valence-electron chi connectivity index (χ0n) is 11.0. The fourth-order valence-electron chi connectivity index (χ4n) is 1.65. The van der Waals surface area contributed by atoms with Crippen LogP contribution in [0, 0.1) is 11.8 Å². The van der Waals surface area contributed by atoms with Gasteiger partial charge in [-0.25, -0.2) is 0 Å². The molecule has 0 aliphatic carbocycles. The van der Waals surface area contributed by atoms with E-state index in [9.17, 15) is 4.79 Å². The molecular weight excluding hydrogens is 224 g/mol. The third-order valence-electron chi connectivity index (χ3n) is 2.68. The number of likely N-dealkylation sites (N-methyl/N-ethyl adjacent to an activating group) is 2. The fraction of sp³-hybridized carbons (Fsp3) is 0.267. The van der Waals surface area contributed by atoms with E-state index in [2.05, 4.69) is 23.7 Å². The highest BCUT2D eigenvalue weighted by molar-refractivity contribution is 5.95. The van der Waals surface area contributed by atoms with Crippen LogP contribution >= 0.6 is 0 Å². The summed E-state index contributed by atoms with van der Waals surface area (Å²) in [4.78, 5) is 13.6. The van der Waals surface area contributed by atoms with E-state index in [-0.39, 0.29) is 11.9 Å². The summed E-state index contributed by atoms with van der Waals surface area (Å²) in [5.41, 5.74) is 1.44. The van der Waals surface area contributed by atoms with Gasteiger partial charge < -0.3 is 10.2 Å².